The van der Waals surface area contributed by atoms with Crippen LogP contribution in [0.2, 0.25) is 0 Å². The van der Waals surface area contributed by atoms with Crippen molar-refractivity contribution in [1.82, 2.24) is 10.3 Å². The second-order valence-corrected chi connectivity index (χ2v) is 7.87. The first-order valence-electron chi connectivity index (χ1n) is 8.82. The minimum Gasteiger partial charge on any atom is -0.387 e. The van der Waals surface area contributed by atoms with Gasteiger partial charge in [-0.05, 0) is 40.5 Å². The standard InChI is InChI=1S/C21H26N2O2/c1-21(2,3)16-8-6-14(7-9-16)19(24)13-23-20(25)18-11-17(18)15-5-4-10-22-12-15/h4-10,12,17-19,24H,11,13H2,1-3H3,(H,23,25)/t17-,18-,19-/m1/s1. The molecule has 4 heteroatoms. The van der Waals surface area contributed by atoms with Gasteiger partial charge in [0.15, 0.2) is 0 Å². The summed E-state index contributed by atoms with van der Waals surface area (Å²) in [5, 5.41) is 13.2. The van der Waals surface area contributed by atoms with Crippen LogP contribution in [0.25, 0.3) is 0 Å². The number of hydrogen-bond donors (Lipinski definition) is 2. The molecule has 25 heavy (non-hydrogen) atoms. The molecule has 0 radical (unpaired) electrons. The van der Waals surface area contributed by atoms with Crippen molar-refractivity contribution in [1.29, 1.82) is 0 Å². The molecular weight excluding hydrogens is 312 g/mol. The Kier molecular flexibility index (Phi) is 4.91. The minimum atomic E-state index is -0.687. The summed E-state index contributed by atoms with van der Waals surface area (Å²) in [4.78, 5) is 16.4. The van der Waals surface area contributed by atoms with Crippen molar-refractivity contribution in [3.8, 4) is 0 Å². The van der Waals surface area contributed by atoms with E-state index in [1.165, 1.54) is 5.56 Å². The molecule has 3 rings (SSSR count). The smallest absolute Gasteiger partial charge is 0.223 e. The molecule has 1 aliphatic rings. The summed E-state index contributed by atoms with van der Waals surface area (Å²) in [6, 6.07) is 11.9. The number of pyridine rings is 1. The number of carbonyl (C=O) groups excluding carboxylic acids is 1. The van der Waals surface area contributed by atoms with Gasteiger partial charge in [0.05, 0.1) is 6.10 Å². The summed E-state index contributed by atoms with van der Waals surface area (Å²) >= 11 is 0. The maximum atomic E-state index is 12.3. The molecule has 0 bridgehead atoms. The Labute approximate surface area is 149 Å². The largest absolute Gasteiger partial charge is 0.387 e. The number of hydrogen-bond acceptors (Lipinski definition) is 3. The van der Waals surface area contributed by atoms with Crippen LogP contribution in [-0.2, 0) is 10.2 Å². The van der Waals surface area contributed by atoms with Crippen LogP contribution in [-0.4, -0.2) is 22.5 Å². The lowest BCUT2D eigenvalue weighted by Gasteiger charge is -2.20. The third kappa shape index (κ3) is 4.26. The van der Waals surface area contributed by atoms with E-state index < -0.39 is 6.10 Å². The molecule has 1 saturated carbocycles. The van der Waals surface area contributed by atoms with E-state index in [1.807, 2.05) is 42.6 Å². The number of carbonyl (C=O) groups is 1. The Morgan fingerprint density at radius 3 is 2.60 bits per heavy atom. The minimum absolute atomic E-state index is 0.000309. The van der Waals surface area contributed by atoms with Gasteiger partial charge < -0.3 is 10.4 Å². The molecule has 1 aromatic heterocycles. The van der Waals surface area contributed by atoms with Gasteiger partial charge in [-0.25, -0.2) is 0 Å². The van der Waals surface area contributed by atoms with Crippen molar-refractivity contribution >= 4 is 5.91 Å². The van der Waals surface area contributed by atoms with Crippen LogP contribution in [0.3, 0.4) is 0 Å². The Balaban J connectivity index is 1.51. The fourth-order valence-corrected chi connectivity index (χ4v) is 3.10. The van der Waals surface area contributed by atoms with Crippen molar-refractivity contribution < 1.29 is 9.90 Å². The van der Waals surface area contributed by atoms with Crippen molar-refractivity contribution in [2.45, 2.75) is 44.6 Å². The van der Waals surface area contributed by atoms with E-state index in [0.29, 0.717) is 0 Å². The van der Waals surface area contributed by atoms with Crippen LogP contribution in [0.15, 0.2) is 48.8 Å². The van der Waals surface area contributed by atoms with Crippen molar-refractivity contribution in [2.75, 3.05) is 6.54 Å². The molecule has 0 unspecified atom stereocenters. The van der Waals surface area contributed by atoms with Crippen LogP contribution < -0.4 is 5.32 Å². The Morgan fingerprint density at radius 1 is 1.28 bits per heavy atom. The highest BCUT2D eigenvalue weighted by molar-refractivity contribution is 5.82. The number of amides is 1. The van der Waals surface area contributed by atoms with E-state index in [0.717, 1.165) is 17.5 Å². The molecule has 1 fully saturated rings. The first-order chi connectivity index (χ1) is 11.9. The Bertz CT molecular complexity index is 720. The molecule has 0 saturated heterocycles. The molecule has 1 heterocycles. The van der Waals surface area contributed by atoms with E-state index >= 15 is 0 Å². The number of nitrogens with one attached hydrogen (secondary N) is 1. The van der Waals surface area contributed by atoms with Gasteiger partial charge in [-0.15, -0.1) is 0 Å². The highest BCUT2D eigenvalue weighted by atomic mass is 16.3. The van der Waals surface area contributed by atoms with Gasteiger partial charge in [0, 0.05) is 24.9 Å². The third-order valence-corrected chi connectivity index (χ3v) is 4.87. The number of aliphatic hydroxyl groups excluding tert-OH is 1. The van der Waals surface area contributed by atoms with E-state index in [4.69, 9.17) is 0 Å². The maximum Gasteiger partial charge on any atom is 0.223 e. The van der Waals surface area contributed by atoms with Crippen LogP contribution in [0.4, 0.5) is 0 Å². The van der Waals surface area contributed by atoms with Gasteiger partial charge in [0.2, 0.25) is 5.91 Å². The molecule has 2 N–H and O–H groups in total. The van der Waals surface area contributed by atoms with Crippen molar-refractivity contribution in [3.05, 3.63) is 65.5 Å². The summed E-state index contributed by atoms with van der Waals surface area (Å²) in [6.07, 6.45) is 3.73. The lowest BCUT2D eigenvalue weighted by molar-refractivity contribution is -0.122. The second-order valence-electron chi connectivity index (χ2n) is 7.87. The summed E-state index contributed by atoms with van der Waals surface area (Å²) < 4.78 is 0. The zero-order chi connectivity index (χ0) is 18.0. The second kappa shape index (κ2) is 6.96. The lowest BCUT2D eigenvalue weighted by atomic mass is 9.86. The quantitative estimate of drug-likeness (QED) is 0.879. The summed E-state index contributed by atoms with van der Waals surface area (Å²) in [5.74, 6) is 0.274. The normalized spacial score (nSPS) is 20.8. The topological polar surface area (TPSA) is 62.2 Å². The molecule has 1 aliphatic carbocycles. The van der Waals surface area contributed by atoms with Crippen LogP contribution in [0.1, 0.15) is 55.9 Å². The summed E-state index contributed by atoms with van der Waals surface area (Å²) in [5.41, 5.74) is 3.25. The number of aliphatic hydroxyl groups is 1. The average Bonchev–Trinajstić information content (AvgIpc) is 3.40. The SMILES string of the molecule is CC(C)(C)c1ccc([C@H](O)CNC(=O)[C@@H]2C[C@@H]2c2cccnc2)cc1. The van der Waals surface area contributed by atoms with Gasteiger partial charge in [-0.3, -0.25) is 9.78 Å². The fourth-order valence-electron chi connectivity index (χ4n) is 3.10. The first kappa shape index (κ1) is 17.6. The van der Waals surface area contributed by atoms with Crippen LogP contribution in [0.5, 0.6) is 0 Å². The Morgan fingerprint density at radius 2 is 2.00 bits per heavy atom. The molecule has 1 aromatic carbocycles. The molecule has 3 atom stereocenters. The predicted octanol–water partition coefficient (Wildman–Crippen LogP) is 3.33. The molecular formula is C21H26N2O2. The number of rotatable bonds is 5. The van der Waals surface area contributed by atoms with Gasteiger partial charge >= 0.3 is 0 Å². The zero-order valence-corrected chi connectivity index (χ0v) is 15.1. The molecule has 0 aliphatic heterocycles. The number of aromatic nitrogens is 1. The number of nitrogens with zero attached hydrogens (tertiary/aromatic N) is 1. The van der Waals surface area contributed by atoms with Gasteiger partial charge in [-0.2, -0.15) is 0 Å². The predicted molar refractivity (Wildman–Crippen MR) is 98.2 cm³/mol. The highest BCUT2D eigenvalue weighted by Gasteiger charge is 2.43. The van der Waals surface area contributed by atoms with Gasteiger partial charge in [-0.1, -0.05) is 51.1 Å². The van der Waals surface area contributed by atoms with Crippen LogP contribution in [0, 0.1) is 5.92 Å². The fraction of sp³-hybridized carbons (Fsp3) is 0.429. The van der Waals surface area contributed by atoms with E-state index in [2.05, 4.69) is 31.1 Å². The monoisotopic (exact) mass is 338 g/mol. The van der Waals surface area contributed by atoms with Crippen molar-refractivity contribution in [3.63, 3.8) is 0 Å². The molecule has 4 nitrogen and oxygen atoms in total. The lowest BCUT2D eigenvalue weighted by Crippen LogP contribution is -2.30. The van der Waals surface area contributed by atoms with E-state index in [-0.39, 0.29) is 29.7 Å². The Hall–Kier alpha value is -2.20. The molecule has 132 valence electrons. The molecule has 2 aromatic rings. The van der Waals surface area contributed by atoms with Gasteiger partial charge in [0.25, 0.3) is 0 Å². The van der Waals surface area contributed by atoms with Gasteiger partial charge in [0.1, 0.15) is 0 Å². The third-order valence-electron chi connectivity index (χ3n) is 4.87. The number of benzene rings is 1. The molecule has 1 amide bonds. The van der Waals surface area contributed by atoms with Crippen LogP contribution >= 0.6 is 0 Å². The van der Waals surface area contributed by atoms with E-state index in [1.54, 1.807) is 6.20 Å². The average molecular weight is 338 g/mol. The highest BCUT2D eigenvalue weighted by Crippen LogP contribution is 2.47. The summed E-state index contributed by atoms with van der Waals surface area (Å²) in [6.45, 7) is 6.72. The first-order valence-corrected chi connectivity index (χ1v) is 8.82. The molecule has 0 spiro atoms. The summed E-state index contributed by atoms with van der Waals surface area (Å²) in [7, 11) is 0. The maximum absolute atomic E-state index is 12.3. The zero-order valence-electron chi connectivity index (χ0n) is 15.1. The van der Waals surface area contributed by atoms with Crippen molar-refractivity contribution in [2.24, 2.45) is 5.92 Å². The van der Waals surface area contributed by atoms with E-state index in [9.17, 15) is 9.90 Å².